The topological polar surface area (TPSA) is 31.2 Å². The van der Waals surface area contributed by atoms with Crippen LogP contribution < -0.4 is 10.4 Å². The third-order valence-corrected chi connectivity index (χ3v) is 13.2. The van der Waals surface area contributed by atoms with Crippen LogP contribution in [0.1, 0.15) is 54.2 Å². The molecule has 0 saturated carbocycles. The molecule has 55 heavy (non-hydrogen) atoms. The lowest BCUT2D eigenvalue weighted by Crippen LogP contribution is -2.50. The highest BCUT2D eigenvalue weighted by atomic mass is 15.4. The SMILES string of the molecule is C=C/C(=c1/ccccc1=C)C1(C)c2cc3c(cc2C2=NC4C=C(C)C=CC4N21)C(C)(c1cccc2ccccc12)N1C3=NC2C=CC(c3ccccc3)=CC21. The molecule has 5 aromatic carbocycles. The van der Waals surface area contributed by atoms with E-state index in [0.29, 0.717) is 0 Å². The van der Waals surface area contributed by atoms with E-state index in [1.54, 1.807) is 0 Å². The summed E-state index contributed by atoms with van der Waals surface area (Å²) in [7, 11) is 0. The van der Waals surface area contributed by atoms with E-state index in [1.165, 1.54) is 55.3 Å². The number of amidine groups is 2. The van der Waals surface area contributed by atoms with Crippen LogP contribution in [0.15, 0.2) is 174 Å². The highest BCUT2D eigenvalue weighted by Gasteiger charge is 2.58. The number of fused-ring (bicyclic) bond motifs is 11. The first-order valence-electron chi connectivity index (χ1n) is 19.5. The molecule has 4 nitrogen and oxygen atoms in total. The summed E-state index contributed by atoms with van der Waals surface area (Å²) in [5.74, 6) is 2.10. The minimum absolute atomic E-state index is 0.00793. The summed E-state index contributed by atoms with van der Waals surface area (Å²) in [5, 5.41) is 4.60. The fraction of sp³-hybridized carbons (Fsp3) is 0.176. The minimum atomic E-state index is -0.572. The van der Waals surface area contributed by atoms with Crippen LogP contribution in [0.4, 0.5) is 0 Å². The molecule has 266 valence electrons. The van der Waals surface area contributed by atoms with Gasteiger partial charge in [0.1, 0.15) is 11.7 Å². The molecule has 6 unspecified atom stereocenters. The van der Waals surface area contributed by atoms with Gasteiger partial charge in [-0.15, -0.1) is 0 Å². The number of allylic oxidation sites excluding steroid dienone is 4. The Morgan fingerprint density at radius 2 is 1.40 bits per heavy atom. The van der Waals surface area contributed by atoms with Gasteiger partial charge in [0.15, 0.2) is 0 Å². The maximum Gasteiger partial charge on any atom is 0.133 e. The first kappa shape index (κ1) is 32.2. The number of rotatable bonds is 4. The van der Waals surface area contributed by atoms with Gasteiger partial charge in [-0.2, -0.15) is 0 Å². The zero-order valence-corrected chi connectivity index (χ0v) is 31.4. The average Bonchev–Trinajstić information content (AvgIpc) is 3.92. The summed E-state index contributed by atoms with van der Waals surface area (Å²) in [6.07, 6.45) is 16.0. The standard InChI is InChI=1S/C51H42N4/c1-6-40(36-20-12-10-15-32(36)3)50(4)42-29-39-43(30-38(42)49-53-45-27-31(2)23-26-46(45)54(49)50)51(5,41-22-14-19-34-18-11-13-21-37(34)41)55-47-28-35(33-16-8-7-9-17-33)24-25-44(47)52-48(39)55/h6-30,44-47H,1,3H2,2,4-5H3/b40-36+. The van der Waals surface area contributed by atoms with E-state index >= 15 is 0 Å². The molecule has 5 aromatic rings. The molecule has 0 bridgehead atoms. The molecule has 0 aromatic heterocycles. The van der Waals surface area contributed by atoms with Gasteiger partial charge in [-0.25, -0.2) is 0 Å². The first-order chi connectivity index (χ1) is 26.8. The number of nitrogens with zero attached hydrogens (tertiary/aromatic N) is 4. The molecule has 0 spiro atoms. The molecule has 4 aliphatic heterocycles. The molecular weight excluding hydrogens is 669 g/mol. The van der Waals surface area contributed by atoms with E-state index in [9.17, 15) is 0 Å². The second-order valence-electron chi connectivity index (χ2n) is 16.1. The predicted molar refractivity (Wildman–Crippen MR) is 227 cm³/mol. The van der Waals surface area contributed by atoms with Crippen molar-refractivity contribution < 1.29 is 0 Å². The van der Waals surface area contributed by atoms with Crippen LogP contribution in [0.5, 0.6) is 0 Å². The fourth-order valence-corrected chi connectivity index (χ4v) is 10.7. The van der Waals surface area contributed by atoms with Crippen molar-refractivity contribution in [3.63, 3.8) is 0 Å². The van der Waals surface area contributed by atoms with E-state index in [0.717, 1.165) is 27.7 Å². The molecule has 11 rings (SSSR count). The summed E-state index contributed by atoms with van der Waals surface area (Å²) in [6, 6.07) is 39.9. The molecule has 0 amide bonds. The third-order valence-electron chi connectivity index (χ3n) is 13.2. The Kier molecular flexibility index (Phi) is 6.66. The van der Waals surface area contributed by atoms with Crippen LogP contribution in [0.3, 0.4) is 0 Å². The van der Waals surface area contributed by atoms with Gasteiger partial charge in [0.05, 0.1) is 35.2 Å². The van der Waals surface area contributed by atoms with Crippen LogP contribution in [0.25, 0.3) is 28.5 Å². The van der Waals surface area contributed by atoms with E-state index in [-0.39, 0.29) is 24.2 Å². The Morgan fingerprint density at radius 3 is 2.24 bits per heavy atom. The van der Waals surface area contributed by atoms with Crippen molar-refractivity contribution in [3.8, 4) is 0 Å². The third kappa shape index (κ3) is 4.23. The Hall–Kier alpha value is -6.26. The molecular formula is C51H42N4. The summed E-state index contributed by atoms with van der Waals surface area (Å²) < 4.78 is 0. The largest absolute Gasteiger partial charge is 0.334 e. The maximum atomic E-state index is 5.61. The summed E-state index contributed by atoms with van der Waals surface area (Å²) in [6.45, 7) is 15.9. The van der Waals surface area contributed by atoms with Crippen molar-refractivity contribution in [1.82, 2.24) is 9.80 Å². The van der Waals surface area contributed by atoms with Gasteiger partial charge >= 0.3 is 0 Å². The van der Waals surface area contributed by atoms with E-state index in [2.05, 4.69) is 195 Å². The second kappa shape index (κ2) is 11.4. The van der Waals surface area contributed by atoms with Crippen LogP contribution in [-0.2, 0) is 11.1 Å². The molecule has 0 fully saturated rings. The van der Waals surface area contributed by atoms with Crippen molar-refractivity contribution in [1.29, 1.82) is 0 Å². The van der Waals surface area contributed by atoms with Gasteiger partial charge in [-0.1, -0.05) is 158 Å². The Bertz CT molecular complexity index is 2830. The minimum Gasteiger partial charge on any atom is -0.334 e. The van der Waals surface area contributed by atoms with Gasteiger partial charge in [0.2, 0.25) is 0 Å². The lowest BCUT2D eigenvalue weighted by atomic mass is 9.76. The van der Waals surface area contributed by atoms with Crippen molar-refractivity contribution >= 4 is 40.2 Å². The van der Waals surface area contributed by atoms with Crippen LogP contribution in [0.2, 0.25) is 0 Å². The molecule has 6 aliphatic rings. The lowest BCUT2D eigenvalue weighted by Gasteiger charge is -2.42. The Morgan fingerprint density at radius 1 is 0.691 bits per heavy atom. The quantitative estimate of drug-likeness (QED) is 0.187. The van der Waals surface area contributed by atoms with Crippen molar-refractivity contribution in [2.75, 3.05) is 0 Å². The molecule has 2 aliphatic carbocycles. The molecule has 0 N–H and O–H groups in total. The average molecular weight is 711 g/mol. The Labute approximate surface area is 322 Å². The second-order valence-corrected chi connectivity index (χ2v) is 16.1. The number of hydrogen-bond acceptors (Lipinski definition) is 4. The predicted octanol–water partition coefficient (Wildman–Crippen LogP) is 8.56. The number of hydrogen-bond donors (Lipinski definition) is 0. The monoisotopic (exact) mass is 710 g/mol. The smallest absolute Gasteiger partial charge is 0.133 e. The van der Waals surface area contributed by atoms with Crippen LogP contribution >= 0.6 is 0 Å². The van der Waals surface area contributed by atoms with Crippen LogP contribution in [0, 0.1) is 0 Å². The number of benzene rings is 5. The summed E-state index contributed by atoms with van der Waals surface area (Å²) >= 11 is 0. The van der Waals surface area contributed by atoms with Gasteiger partial charge in [0.25, 0.3) is 0 Å². The Balaban J connectivity index is 1.21. The maximum absolute atomic E-state index is 5.61. The first-order valence-corrected chi connectivity index (χ1v) is 19.5. The fourth-order valence-electron chi connectivity index (χ4n) is 10.7. The highest BCUT2D eigenvalue weighted by molar-refractivity contribution is 6.13. The van der Waals surface area contributed by atoms with E-state index in [1.807, 2.05) is 0 Å². The molecule has 4 heteroatoms. The molecule has 0 radical (unpaired) electrons. The normalized spacial score (nSPS) is 28.3. The van der Waals surface area contributed by atoms with Crippen molar-refractivity contribution in [3.05, 3.63) is 208 Å². The molecule has 0 saturated heterocycles. The van der Waals surface area contributed by atoms with Gasteiger partial charge in [-0.05, 0) is 87.5 Å². The summed E-state index contributed by atoms with van der Waals surface area (Å²) in [4.78, 5) is 16.4. The van der Waals surface area contributed by atoms with Gasteiger partial charge < -0.3 is 9.80 Å². The van der Waals surface area contributed by atoms with Crippen molar-refractivity contribution in [2.45, 2.75) is 56.0 Å². The molecule has 4 heterocycles. The van der Waals surface area contributed by atoms with Gasteiger partial charge in [0, 0.05) is 11.1 Å². The summed E-state index contributed by atoms with van der Waals surface area (Å²) in [5.41, 5.74) is 9.91. The van der Waals surface area contributed by atoms with Gasteiger partial charge in [-0.3, -0.25) is 9.98 Å². The zero-order chi connectivity index (χ0) is 37.2. The molecule has 6 atom stereocenters. The van der Waals surface area contributed by atoms with E-state index in [4.69, 9.17) is 9.98 Å². The zero-order valence-electron chi connectivity index (χ0n) is 31.4. The van der Waals surface area contributed by atoms with E-state index < -0.39 is 11.1 Å². The van der Waals surface area contributed by atoms with Crippen molar-refractivity contribution in [2.24, 2.45) is 9.98 Å². The number of aliphatic imine (C=N–C) groups is 2. The lowest BCUT2D eigenvalue weighted by molar-refractivity contribution is 0.229. The highest BCUT2D eigenvalue weighted by Crippen LogP contribution is 2.56. The van der Waals surface area contributed by atoms with Crippen LogP contribution in [-0.4, -0.2) is 45.6 Å².